The molecule has 8 heteroatoms. The van der Waals surface area contributed by atoms with E-state index in [2.05, 4.69) is 5.32 Å². The number of methoxy groups -OCH3 is 1. The summed E-state index contributed by atoms with van der Waals surface area (Å²) in [4.78, 5) is 52.0. The predicted molar refractivity (Wildman–Crippen MR) is 104 cm³/mol. The number of nitrogens with one attached hydrogen (secondary N) is 1. The summed E-state index contributed by atoms with van der Waals surface area (Å²) in [6.07, 6.45) is 0.153. The Morgan fingerprint density at radius 2 is 1.66 bits per heavy atom. The minimum absolute atomic E-state index is 0.110. The van der Waals surface area contributed by atoms with Gasteiger partial charge < -0.3 is 15.0 Å². The number of carbonyl (C=O) groups is 4. The van der Waals surface area contributed by atoms with Gasteiger partial charge in [0.05, 0.1) is 24.3 Å². The number of anilines is 1. The molecule has 8 nitrogen and oxygen atoms in total. The summed E-state index contributed by atoms with van der Waals surface area (Å²) in [5.41, 5.74) is 1.31. The second kappa shape index (κ2) is 7.38. The second-order valence-corrected chi connectivity index (χ2v) is 6.91. The number of carbonyl (C=O) groups excluding carboxylic acids is 4. The van der Waals surface area contributed by atoms with Crippen molar-refractivity contribution in [2.24, 2.45) is 0 Å². The summed E-state index contributed by atoms with van der Waals surface area (Å²) in [5.74, 6) is -0.868. The molecule has 2 heterocycles. The largest absolute Gasteiger partial charge is 0.497 e. The number of hydrogen-bond acceptors (Lipinski definition) is 5. The number of ether oxygens (including phenoxy) is 1. The maximum absolute atomic E-state index is 12.4. The van der Waals surface area contributed by atoms with Crippen molar-refractivity contribution in [2.45, 2.75) is 12.5 Å². The van der Waals surface area contributed by atoms with Gasteiger partial charge in [0.25, 0.3) is 11.8 Å². The zero-order valence-electron chi connectivity index (χ0n) is 15.8. The first-order chi connectivity index (χ1) is 14.0. The average molecular weight is 393 g/mol. The zero-order valence-corrected chi connectivity index (χ0v) is 15.8. The van der Waals surface area contributed by atoms with Gasteiger partial charge in [0.1, 0.15) is 12.3 Å². The highest BCUT2D eigenvalue weighted by Gasteiger charge is 2.37. The van der Waals surface area contributed by atoms with Crippen molar-refractivity contribution in [1.82, 2.24) is 10.2 Å². The maximum Gasteiger partial charge on any atom is 0.262 e. The van der Waals surface area contributed by atoms with E-state index in [0.29, 0.717) is 29.1 Å². The van der Waals surface area contributed by atoms with Gasteiger partial charge >= 0.3 is 0 Å². The van der Waals surface area contributed by atoms with E-state index in [4.69, 9.17) is 4.74 Å². The van der Waals surface area contributed by atoms with Gasteiger partial charge in [-0.25, -0.2) is 0 Å². The Hall–Kier alpha value is -3.68. The van der Waals surface area contributed by atoms with E-state index in [1.807, 2.05) is 0 Å². The van der Waals surface area contributed by atoms with Gasteiger partial charge in [-0.15, -0.1) is 0 Å². The van der Waals surface area contributed by atoms with Gasteiger partial charge in [-0.05, 0) is 36.4 Å². The number of benzene rings is 2. The van der Waals surface area contributed by atoms with Gasteiger partial charge in [-0.2, -0.15) is 0 Å². The van der Waals surface area contributed by atoms with E-state index in [1.165, 1.54) is 0 Å². The molecule has 2 aliphatic heterocycles. The Kier molecular flexibility index (Phi) is 4.75. The summed E-state index contributed by atoms with van der Waals surface area (Å²) in [5, 5.41) is 2.75. The van der Waals surface area contributed by atoms with Crippen LogP contribution < -0.4 is 15.0 Å². The lowest BCUT2D eigenvalue weighted by Crippen LogP contribution is -2.44. The standard InChI is InChI=1S/C21H19N3O5/c1-29-15-8-6-14(7-9-15)23-11-13(10-19(23)26)22-18(25)12-24-20(27)16-4-2-3-5-17(16)21(24)28/h2-9,13H,10-12H2,1H3,(H,22,25)/t13-/m1/s1. The van der Waals surface area contributed by atoms with Gasteiger partial charge in [-0.1, -0.05) is 12.1 Å². The van der Waals surface area contributed by atoms with Crippen LogP contribution in [-0.2, 0) is 9.59 Å². The van der Waals surface area contributed by atoms with Gasteiger partial charge in [0, 0.05) is 18.7 Å². The highest BCUT2D eigenvalue weighted by atomic mass is 16.5. The number of hydrogen-bond donors (Lipinski definition) is 1. The first-order valence-electron chi connectivity index (χ1n) is 9.17. The van der Waals surface area contributed by atoms with E-state index in [1.54, 1.807) is 60.5 Å². The molecule has 0 saturated carbocycles. The number of nitrogens with zero attached hydrogens (tertiary/aromatic N) is 2. The lowest BCUT2D eigenvalue weighted by Gasteiger charge is -2.19. The molecular formula is C21H19N3O5. The number of imide groups is 1. The van der Waals surface area contributed by atoms with Crippen LogP contribution in [0.4, 0.5) is 5.69 Å². The van der Waals surface area contributed by atoms with Gasteiger partial charge in [0.2, 0.25) is 11.8 Å². The minimum atomic E-state index is -0.483. The van der Waals surface area contributed by atoms with Crippen LogP contribution in [0.5, 0.6) is 5.75 Å². The van der Waals surface area contributed by atoms with E-state index < -0.39 is 23.8 Å². The van der Waals surface area contributed by atoms with E-state index in [9.17, 15) is 19.2 Å². The van der Waals surface area contributed by atoms with Crippen molar-refractivity contribution in [3.63, 3.8) is 0 Å². The van der Waals surface area contributed by atoms with Crippen LogP contribution in [0.2, 0.25) is 0 Å². The maximum atomic E-state index is 12.4. The molecule has 148 valence electrons. The second-order valence-electron chi connectivity index (χ2n) is 6.91. The monoisotopic (exact) mass is 393 g/mol. The molecule has 0 aromatic heterocycles. The van der Waals surface area contributed by atoms with Crippen molar-refractivity contribution in [3.8, 4) is 5.75 Å². The molecule has 0 bridgehead atoms. The number of rotatable bonds is 5. The van der Waals surface area contributed by atoms with E-state index in [0.717, 1.165) is 4.90 Å². The van der Waals surface area contributed by atoms with Crippen molar-refractivity contribution >= 4 is 29.3 Å². The fraction of sp³-hybridized carbons (Fsp3) is 0.238. The molecule has 1 atom stereocenters. The highest BCUT2D eigenvalue weighted by Crippen LogP contribution is 2.25. The fourth-order valence-electron chi connectivity index (χ4n) is 3.62. The quantitative estimate of drug-likeness (QED) is 0.771. The lowest BCUT2D eigenvalue weighted by atomic mass is 10.1. The summed E-state index contributed by atoms with van der Waals surface area (Å²) in [6.45, 7) is -0.0570. The lowest BCUT2D eigenvalue weighted by molar-refractivity contribution is -0.122. The number of fused-ring (bicyclic) bond motifs is 1. The molecule has 0 unspecified atom stereocenters. The van der Waals surface area contributed by atoms with Gasteiger partial charge in [-0.3, -0.25) is 24.1 Å². The smallest absolute Gasteiger partial charge is 0.262 e. The molecule has 0 spiro atoms. The van der Waals surface area contributed by atoms with Crippen LogP contribution in [0.15, 0.2) is 48.5 Å². The Balaban J connectivity index is 1.38. The Bertz CT molecular complexity index is 967. The molecule has 4 rings (SSSR count). The summed E-state index contributed by atoms with van der Waals surface area (Å²) in [6, 6.07) is 13.2. The van der Waals surface area contributed by atoms with Crippen molar-refractivity contribution < 1.29 is 23.9 Å². The third-order valence-electron chi connectivity index (χ3n) is 5.05. The molecule has 0 radical (unpaired) electrons. The zero-order chi connectivity index (χ0) is 20.5. The molecule has 1 fully saturated rings. The van der Waals surface area contributed by atoms with E-state index in [-0.39, 0.29) is 18.9 Å². The molecule has 2 aromatic rings. The molecule has 2 aliphatic rings. The van der Waals surface area contributed by atoms with Crippen LogP contribution >= 0.6 is 0 Å². The van der Waals surface area contributed by atoms with Crippen LogP contribution in [0.1, 0.15) is 27.1 Å². The summed E-state index contributed by atoms with van der Waals surface area (Å²) < 4.78 is 5.12. The predicted octanol–water partition coefficient (Wildman–Crippen LogP) is 1.21. The third kappa shape index (κ3) is 3.44. The topological polar surface area (TPSA) is 96.0 Å². The van der Waals surface area contributed by atoms with Crippen LogP contribution in [0, 0.1) is 0 Å². The molecule has 29 heavy (non-hydrogen) atoms. The molecule has 4 amide bonds. The van der Waals surface area contributed by atoms with Crippen LogP contribution in [0.25, 0.3) is 0 Å². The molecule has 2 aromatic carbocycles. The molecule has 1 N–H and O–H groups in total. The van der Waals surface area contributed by atoms with Crippen molar-refractivity contribution in [3.05, 3.63) is 59.7 Å². The molecule has 0 aliphatic carbocycles. The average Bonchev–Trinajstić information content (AvgIpc) is 3.21. The Labute approximate surface area is 167 Å². The summed E-state index contributed by atoms with van der Waals surface area (Å²) in [7, 11) is 1.57. The molecule has 1 saturated heterocycles. The normalized spacial score (nSPS) is 18.2. The van der Waals surface area contributed by atoms with Gasteiger partial charge in [0.15, 0.2) is 0 Å². The Morgan fingerprint density at radius 3 is 2.24 bits per heavy atom. The van der Waals surface area contributed by atoms with Crippen LogP contribution in [0.3, 0.4) is 0 Å². The first-order valence-corrected chi connectivity index (χ1v) is 9.17. The minimum Gasteiger partial charge on any atom is -0.497 e. The highest BCUT2D eigenvalue weighted by molar-refractivity contribution is 6.22. The SMILES string of the molecule is COc1ccc(N2C[C@H](NC(=O)CN3C(=O)c4ccccc4C3=O)CC2=O)cc1. The fourth-order valence-corrected chi connectivity index (χ4v) is 3.62. The third-order valence-corrected chi connectivity index (χ3v) is 5.05. The Morgan fingerprint density at radius 1 is 1.03 bits per heavy atom. The first kappa shape index (κ1) is 18.7. The van der Waals surface area contributed by atoms with Crippen molar-refractivity contribution in [2.75, 3.05) is 25.1 Å². The van der Waals surface area contributed by atoms with Crippen molar-refractivity contribution in [1.29, 1.82) is 0 Å². The number of amides is 4. The van der Waals surface area contributed by atoms with E-state index >= 15 is 0 Å². The molecular weight excluding hydrogens is 374 g/mol. The summed E-state index contributed by atoms with van der Waals surface area (Å²) >= 11 is 0. The van der Waals surface area contributed by atoms with Crippen LogP contribution in [-0.4, -0.2) is 54.8 Å².